The molecule has 1 aliphatic heterocycles. The fraction of sp³-hybridized carbons (Fsp3) is 0.227. The summed E-state index contributed by atoms with van der Waals surface area (Å²) in [5.41, 5.74) is 2.95. The first-order valence-electron chi connectivity index (χ1n) is 9.56. The quantitative estimate of drug-likeness (QED) is 0.569. The zero-order chi connectivity index (χ0) is 21.5. The van der Waals surface area contributed by atoms with Crippen molar-refractivity contribution in [1.29, 1.82) is 5.41 Å². The average molecular weight is 425 g/mol. The van der Waals surface area contributed by atoms with Gasteiger partial charge in [-0.25, -0.2) is 8.42 Å². The van der Waals surface area contributed by atoms with E-state index < -0.39 is 10.0 Å². The van der Waals surface area contributed by atoms with E-state index in [0.29, 0.717) is 29.6 Å². The van der Waals surface area contributed by atoms with E-state index in [4.69, 9.17) is 9.83 Å². The Hall–Kier alpha value is -3.26. The lowest BCUT2D eigenvalue weighted by molar-refractivity contribution is 0.577. The highest BCUT2D eigenvalue weighted by molar-refractivity contribution is 7.92. The number of fused-ring (bicyclic) bond motifs is 1. The van der Waals surface area contributed by atoms with Gasteiger partial charge in [0.25, 0.3) is 10.0 Å². The number of benzene rings is 2. The molecular formula is C22H24N4O3S. The third-order valence-corrected chi connectivity index (χ3v) is 6.45. The van der Waals surface area contributed by atoms with Gasteiger partial charge in [-0.3, -0.25) is 10.1 Å². The molecule has 0 unspecified atom stereocenters. The summed E-state index contributed by atoms with van der Waals surface area (Å²) in [5, 5.41) is 11.5. The van der Waals surface area contributed by atoms with Crippen molar-refractivity contribution in [2.24, 2.45) is 0 Å². The fourth-order valence-corrected chi connectivity index (χ4v) is 4.34. The van der Waals surface area contributed by atoms with Gasteiger partial charge < -0.3 is 14.6 Å². The van der Waals surface area contributed by atoms with Crippen molar-refractivity contribution in [3.8, 4) is 0 Å². The van der Waals surface area contributed by atoms with Crippen LogP contribution in [-0.4, -0.2) is 20.9 Å². The second-order valence-corrected chi connectivity index (χ2v) is 9.88. The normalized spacial score (nSPS) is 14.2. The van der Waals surface area contributed by atoms with Crippen LogP contribution >= 0.6 is 0 Å². The number of anilines is 3. The number of nitrogens with zero attached hydrogens (tertiary/aromatic N) is 1. The summed E-state index contributed by atoms with van der Waals surface area (Å²) in [7, 11) is -3.69. The van der Waals surface area contributed by atoms with E-state index in [9.17, 15) is 8.42 Å². The second kappa shape index (κ2) is 7.21. The zero-order valence-electron chi connectivity index (χ0n) is 17.1. The standard InChI is InChI=1S/C22H24N4O3S/c1-22(2,3)15-4-10-18(11-5-15)30(27,28)25-16-6-8-17(9-7-16)26-14-24-21-19(20(26)23)12-13-29-21/h4-13,23-25H,14H2,1-3H3. The summed E-state index contributed by atoms with van der Waals surface area (Å²) in [5.74, 6) is 0.905. The molecule has 2 heterocycles. The molecule has 3 aromatic rings. The smallest absolute Gasteiger partial charge is 0.261 e. The van der Waals surface area contributed by atoms with E-state index in [1.54, 1.807) is 53.6 Å². The average Bonchev–Trinajstić information content (AvgIpc) is 3.18. The van der Waals surface area contributed by atoms with E-state index in [1.165, 1.54) is 0 Å². The van der Waals surface area contributed by atoms with Crippen molar-refractivity contribution in [3.63, 3.8) is 0 Å². The van der Waals surface area contributed by atoms with Crippen LogP contribution in [0.25, 0.3) is 0 Å². The van der Waals surface area contributed by atoms with Gasteiger partial charge in [0, 0.05) is 11.4 Å². The van der Waals surface area contributed by atoms with Crippen LogP contribution in [0.4, 0.5) is 17.3 Å². The van der Waals surface area contributed by atoms with Crippen LogP contribution in [0, 0.1) is 5.41 Å². The summed E-state index contributed by atoms with van der Waals surface area (Å²) in [6.07, 6.45) is 1.54. The first-order valence-corrected chi connectivity index (χ1v) is 11.0. The molecule has 30 heavy (non-hydrogen) atoms. The van der Waals surface area contributed by atoms with Gasteiger partial charge in [-0.1, -0.05) is 32.9 Å². The lowest BCUT2D eigenvalue weighted by Gasteiger charge is -2.29. The van der Waals surface area contributed by atoms with Gasteiger partial charge in [0.1, 0.15) is 5.84 Å². The molecule has 0 aliphatic carbocycles. The summed E-state index contributed by atoms with van der Waals surface area (Å²) < 4.78 is 33.4. The Morgan fingerprint density at radius 1 is 1.03 bits per heavy atom. The Labute approximate surface area is 176 Å². The Kier molecular flexibility index (Phi) is 4.82. The molecule has 0 radical (unpaired) electrons. The lowest BCUT2D eigenvalue weighted by atomic mass is 9.87. The topological polar surface area (TPSA) is 98.4 Å². The zero-order valence-corrected chi connectivity index (χ0v) is 17.9. The van der Waals surface area contributed by atoms with Crippen LogP contribution < -0.4 is 14.9 Å². The van der Waals surface area contributed by atoms with Gasteiger partial charge in [0.2, 0.25) is 5.88 Å². The first-order chi connectivity index (χ1) is 14.1. The minimum Gasteiger partial charge on any atom is -0.448 e. The number of hydrogen-bond donors (Lipinski definition) is 3. The number of hydrogen-bond acceptors (Lipinski definition) is 5. The molecule has 156 valence electrons. The summed E-state index contributed by atoms with van der Waals surface area (Å²) in [6, 6.07) is 15.6. The van der Waals surface area contributed by atoms with Crippen LogP contribution in [0.2, 0.25) is 0 Å². The van der Waals surface area contributed by atoms with E-state index >= 15 is 0 Å². The third-order valence-electron chi connectivity index (χ3n) is 5.05. The van der Waals surface area contributed by atoms with E-state index in [0.717, 1.165) is 11.3 Å². The van der Waals surface area contributed by atoms with Crippen molar-refractivity contribution in [3.05, 3.63) is 72.0 Å². The third kappa shape index (κ3) is 3.78. The number of furan rings is 1. The number of nitrogens with one attached hydrogen (secondary N) is 3. The van der Waals surface area contributed by atoms with Gasteiger partial charge in [-0.15, -0.1) is 0 Å². The van der Waals surface area contributed by atoms with Crippen molar-refractivity contribution >= 4 is 33.1 Å². The molecule has 0 fully saturated rings. The Morgan fingerprint density at radius 2 is 1.70 bits per heavy atom. The maximum atomic E-state index is 12.7. The highest BCUT2D eigenvalue weighted by Crippen LogP contribution is 2.28. The van der Waals surface area contributed by atoms with Crippen LogP contribution in [0.15, 0.2) is 70.2 Å². The number of amidine groups is 1. The van der Waals surface area contributed by atoms with Gasteiger partial charge in [0.15, 0.2) is 0 Å². The highest BCUT2D eigenvalue weighted by Gasteiger charge is 2.24. The Morgan fingerprint density at radius 3 is 2.33 bits per heavy atom. The molecule has 0 spiro atoms. The fourth-order valence-electron chi connectivity index (χ4n) is 3.29. The second-order valence-electron chi connectivity index (χ2n) is 8.20. The molecule has 3 N–H and O–H groups in total. The molecular weight excluding hydrogens is 400 g/mol. The molecule has 2 aromatic carbocycles. The van der Waals surface area contributed by atoms with Gasteiger partial charge in [0.05, 0.1) is 23.4 Å². The van der Waals surface area contributed by atoms with Gasteiger partial charge in [-0.2, -0.15) is 0 Å². The first kappa shape index (κ1) is 20.0. The molecule has 4 rings (SSSR count). The summed E-state index contributed by atoms with van der Waals surface area (Å²) >= 11 is 0. The van der Waals surface area contributed by atoms with Crippen LogP contribution in [0.5, 0.6) is 0 Å². The molecule has 0 saturated carbocycles. The van der Waals surface area contributed by atoms with Gasteiger partial charge in [-0.05, 0) is 53.4 Å². The van der Waals surface area contributed by atoms with E-state index in [1.807, 2.05) is 12.1 Å². The van der Waals surface area contributed by atoms with Crippen LogP contribution in [0.3, 0.4) is 0 Å². The Balaban J connectivity index is 1.50. The molecule has 8 heteroatoms. The largest absolute Gasteiger partial charge is 0.448 e. The minimum absolute atomic E-state index is 0.0419. The maximum absolute atomic E-state index is 12.7. The number of sulfonamides is 1. The molecule has 7 nitrogen and oxygen atoms in total. The lowest BCUT2D eigenvalue weighted by Crippen LogP contribution is -2.39. The predicted octanol–water partition coefficient (Wildman–Crippen LogP) is 4.59. The van der Waals surface area contributed by atoms with Crippen LogP contribution in [0.1, 0.15) is 31.9 Å². The predicted molar refractivity (Wildman–Crippen MR) is 119 cm³/mol. The summed E-state index contributed by atoms with van der Waals surface area (Å²) in [4.78, 5) is 2.00. The van der Waals surface area contributed by atoms with Crippen molar-refractivity contribution in [2.75, 3.05) is 21.6 Å². The van der Waals surface area contributed by atoms with E-state index in [2.05, 4.69) is 30.8 Å². The highest BCUT2D eigenvalue weighted by atomic mass is 32.2. The van der Waals surface area contributed by atoms with E-state index in [-0.39, 0.29) is 10.3 Å². The van der Waals surface area contributed by atoms with Crippen molar-refractivity contribution < 1.29 is 12.8 Å². The van der Waals surface area contributed by atoms with Crippen LogP contribution in [-0.2, 0) is 15.4 Å². The minimum atomic E-state index is -3.69. The van der Waals surface area contributed by atoms with Crippen molar-refractivity contribution in [2.45, 2.75) is 31.1 Å². The molecule has 0 bridgehead atoms. The molecule has 0 amide bonds. The molecule has 1 aromatic heterocycles. The van der Waals surface area contributed by atoms with Gasteiger partial charge >= 0.3 is 0 Å². The van der Waals surface area contributed by atoms with Crippen molar-refractivity contribution in [1.82, 2.24) is 0 Å². The SMILES string of the molecule is CC(C)(C)c1ccc(S(=O)(=O)Nc2ccc(N3CNc4occc4C3=N)cc2)cc1. The Bertz CT molecular complexity index is 1170. The monoisotopic (exact) mass is 424 g/mol. The molecule has 0 saturated heterocycles. The molecule has 1 aliphatic rings. The maximum Gasteiger partial charge on any atom is 0.261 e. The number of rotatable bonds is 4. The molecule has 0 atom stereocenters. The summed E-state index contributed by atoms with van der Waals surface area (Å²) in [6.45, 7) is 6.65.